The molecule has 1 aromatic rings. The second-order valence-electron chi connectivity index (χ2n) is 6.09. The SMILES string of the molecule is CC(N)Cc1cnc(CC2CCCCN2C(C)C)s1. The number of nitrogens with two attached hydrogens (primary N) is 1. The van der Waals surface area contributed by atoms with Crippen molar-refractivity contribution in [2.75, 3.05) is 6.54 Å². The molecular formula is C15H27N3S. The fraction of sp³-hybridized carbons (Fsp3) is 0.800. The molecule has 0 saturated carbocycles. The van der Waals surface area contributed by atoms with Crippen molar-refractivity contribution in [3.05, 3.63) is 16.1 Å². The van der Waals surface area contributed by atoms with Crippen molar-refractivity contribution in [1.82, 2.24) is 9.88 Å². The third-order valence-electron chi connectivity index (χ3n) is 3.87. The fourth-order valence-electron chi connectivity index (χ4n) is 2.98. The van der Waals surface area contributed by atoms with Crippen LogP contribution in [0.25, 0.3) is 0 Å². The molecule has 3 nitrogen and oxygen atoms in total. The molecule has 2 atom stereocenters. The maximum Gasteiger partial charge on any atom is 0.0943 e. The molecule has 1 saturated heterocycles. The monoisotopic (exact) mass is 281 g/mol. The van der Waals surface area contributed by atoms with E-state index in [2.05, 4.69) is 30.7 Å². The number of likely N-dealkylation sites (tertiary alicyclic amines) is 1. The van der Waals surface area contributed by atoms with Gasteiger partial charge in [-0.1, -0.05) is 6.42 Å². The first kappa shape index (κ1) is 14.9. The molecule has 0 radical (unpaired) electrons. The van der Waals surface area contributed by atoms with Gasteiger partial charge in [-0.25, -0.2) is 4.98 Å². The largest absolute Gasteiger partial charge is 0.328 e. The quantitative estimate of drug-likeness (QED) is 0.902. The van der Waals surface area contributed by atoms with Crippen molar-refractivity contribution in [3.8, 4) is 0 Å². The van der Waals surface area contributed by atoms with Crippen LogP contribution in [0.5, 0.6) is 0 Å². The van der Waals surface area contributed by atoms with Crippen molar-refractivity contribution in [2.24, 2.45) is 5.73 Å². The molecule has 108 valence electrons. The van der Waals surface area contributed by atoms with Gasteiger partial charge in [0.2, 0.25) is 0 Å². The summed E-state index contributed by atoms with van der Waals surface area (Å²) in [5, 5.41) is 1.29. The standard InChI is InChI=1S/C15H27N3S/c1-11(2)18-7-5-4-6-13(18)9-15-17-10-14(19-15)8-12(3)16/h10-13H,4-9,16H2,1-3H3. The summed E-state index contributed by atoms with van der Waals surface area (Å²) in [6.45, 7) is 7.92. The molecule has 1 aliphatic heterocycles. The zero-order valence-corrected chi connectivity index (χ0v) is 13.2. The first-order valence-corrected chi connectivity index (χ1v) is 8.33. The minimum atomic E-state index is 0.232. The smallest absolute Gasteiger partial charge is 0.0943 e. The summed E-state index contributed by atoms with van der Waals surface area (Å²) in [4.78, 5) is 8.57. The predicted molar refractivity (Wildman–Crippen MR) is 82.7 cm³/mol. The van der Waals surface area contributed by atoms with Gasteiger partial charge in [-0.05, 0) is 46.6 Å². The van der Waals surface area contributed by atoms with E-state index in [4.69, 9.17) is 5.73 Å². The Morgan fingerprint density at radius 3 is 2.89 bits per heavy atom. The van der Waals surface area contributed by atoms with Gasteiger partial charge >= 0.3 is 0 Å². The van der Waals surface area contributed by atoms with Gasteiger partial charge in [0.05, 0.1) is 5.01 Å². The second kappa shape index (κ2) is 6.82. The molecule has 2 heterocycles. The average Bonchev–Trinajstić information content (AvgIpc) is 2.76. The summed E-state index contributed by atoms with van der Waals surface area (Å²) in [6, 6.07) is 1.56. The van der Waals surface area contributed by atoms with Gasteiger partial charge in [-0.3, -0.25) is 4.90 Å². The lowest BCUT2D eigenvalue weighted by Gasteiger charge is -2.38. The van der Waals surface area contributed by atoms with Crippen LogP contribution in [0.1, 0.15) is 49.9 Å². The highest BCUT2D eigenvalue weighted by Crippen LogP contribution is 2.25. The van der Waals surface area contributed by atoms with Crippen LogP contribution in [0.4, 0.5) is 0 Å². The molecule has 0 aromatic carbocycles. The molecular weight excluding hydrogens is 254 g/mol. The van der Waals surface area contributed by atoms with Crippen molar-refractivity contribution >= 4 is 11.3 Å². The second-order valence-corrected chi connectivity index (χ2v) is 7.29. The molecule has 2 N–H and O–H groups in total. The third-order valence-corrected chi connectivity index (χ3v) is 4.91. The fourth-order valence-corrected chi connectivity index (χ4v) is 4.11. The maximum absolute atomic E-state index is 5.85. The zero-order valence-electron chi connectivity index (χ0n) is 12.4. The number of hydrogen-bond acceptors (Lipinski definition) is 4. The lowest BCUT2D eigenvalue weighted by molar-refractivity contribution is 0.111. The van der Waals surface area contributed by atoms with Crippen molar-refractivity contribution < 1.29 is 0 Å². The van der Waals surface area contributed by atoms with E-state index in [1.54, 1.807) is 0 Å². The Labute approximate surface area is 121 Å². The molecule has 19 heavy (non-hydrogen) atoms. The van der Waals surface area contributed by atoms with Crippen LogP contribution < -0.4 is 5.73 Å². The Kier molecular flexibility index (Phi) is 5.37. The molecule has 1 fully saturated rings. The highest BCUT2D eigenvalue weighted by molar-refractivity contribution is 7.11. The van der Waals surface area contributed by atoms with Crippen molar-refractivity contribution in [1.29, 1.82) is 0 Å². The van der Waals surface area contributed by atoms with E-state index in [1.165, 1.54) is 35.7 Å². The van der Waals surface area contributed by atoms with Crippen molar-refractivity contribution in [2.45, 2.75) is 71.0 Å². The van der Waals surface area contributed by atoms with E-state index in [0.29, 0.717) is 12.1 Å². The van der Waals surface area contributed by atoms with Gasteiger partial charge in [-0.2, -0.15) is 0 Å². The summed E-state index contributed by atoms with van der Waals surface area (Å²) in [6.07, 6.45) is 8.12. The summed E-state index contributed by atoms with van der Waals surface area (Å²) in [5.41, 5.74) is 5.85. The van der Waals surface area contributed by atoms with Crippen LogP contribution in [-0.4, -0.2) is 34.6 Å². The Morgan fingerprint density at radius 1 is 1.42 bits per heavy atom. The summed E-state index contributed by atoms with van der Waals surface area (Å²) >= 11 is 1.85. The van der Waals surface area contributed by atoms with Gasteiger partial charge in [-0.15, -0.1) is 11.3 Å². The molecule has 0 amide bonds. The number of aromatic nitrogens is 1. The van der Waals surface area contributed by atoms with Gasteiger partial charge in [0.25, 0.3) is 0 Å². The first-order valence-electron chi connectivity index (χ1n) is 7.51. The molecule has 2 unspecified atom stereocenters. The highest BCUT2D eigenvalue weighted by atomic mass is 32.1. The van der Waals surface area contributed by atoms with Crippen LogP contribution in [0, 0.1) is 0 Å². The van der Waals surface area contributed by atoms with E-state index in [0.717, 1.165) is 12.8 Å². The maximum atomic E-state index is 5.85. The Balaban J connectivity index is 1.96. The molecule has 1 aliphatic rings. The average molecular weight is 281 g/mol. The van der Waals surface area contributed by atoms with E-state index in [1.807, 2.05) is 17.5 Å². The number of piperidine rings is 1. The van der Waals surface area contributed by atoms with E-state index < -0.39 is 0 Å². The van der Waals surface area contributed by atoms with Crippen LogP contribution in [0.15, 0.2) is 6.20 Å². The van der Waals surface area contributed by atoms with Crippen molar-refractivity contribution in [3.63, 3.8) is 0 Å². The van der Waals surface area contributed by atoms with Crippen LogP contribution >= 0.6 is 11.3 Å². The Hall–Kier alpha value is -0.450. The topological polar surface area (TPSA) is 42.1 Å². The molecule has 2 rings (SSSR count). The summed E-state index contributed by atoms with van der Waals surface area (Å²) in [7, 11) is 0. The van der Waals surface area contributed by atoms with E-state index in [9.17, 15) is 0 Å². The number of rotatable bonds is 5. The highest BCUT2D eigenvalue weighted by Gasteiger charge is 2.25. The van der Waals surface area contributed by atoms with Crippen LogP contribution in [0.2, 0.25) is 0 Å². The first-order chi connectivity index (χ1) is 9.06. The minimum Gasteiger partial charge on any atom is -0.328 e. The summed E-state index contributed by atoms with van der Waals surface area (Å²) in [5.74, 6) is 0. The van der Waals surface area contributed by atoms with Gasteiger partial charge in [0, 0.05) is 35.6 Å². The summed E-state index contributed by atoms with van der Waals surface area (Å²) < 4.78 is 0. The van der Waals surface area contributed by atoms with E-state index in [-0.39, 0.29) is 6.04 Å². The third kappa shape index (κ3) is 4.26. The molecule has 4 heteroatoms. The van der Waals surface area contributed by atoms with Gasteiger partial charge in [0.1, 0.15) is 0 Å². The zero-order chi connectivity index (χ0) is 13.8. The lowest BCUT2D eigenvalue weighted by Crippen LogP contribution is -2.44. The molecule has 0 bridgehead atoms. The van der Waals surface area contributed by atoms with Gasteiger partial charge < -0.3 is 5.73 Å². The van der Waals surface area contributed by atoms with Crippen LogP contribution in [-0.2, 0) is 12.8 Å². The molecule has 1 aromatic heterocycles. The predicted octanol–water partition coefficient (Wildman–Crippen LogP) is 2.84. The molecule has 0 spiro atoms. The van der Waals surface area contributed by atoms with Crippen LogP contribution in [0.3, 0.4) is 0 Å². The Morgan fingerprint density at radius 2 is 2.21 bits per heavy atom. The number of nitrogens with zero attached hydrogens (tertiary/aromatic N) is 2. The molecule has 0 aliphatic carbocycles. The number of hydrogen-bond donors (Lipinski definition) is 1. The van der Waals surface area contributed by atoms with E-state index >= 15 is 0 Å². The van der Waals surface area contributed by atoms with Gasteiger partial charge in [0.15, 0.2) is 0 Å². The number of thiazole rings is 1. The normalized spacial score (nSPS) is 22.9. The Bertz CT molecular complexity index is 386. The lowest BCUT2D eigenvalue weighted by atomic mass is 9.98. The minimum absolute atomic E-state index is 0.232.